The molecule has 6 nitrogen and oxygen atoms in total. The zero-order valence-electron chi connectivity index (χ0n) is 6.14. The maximum absolute atomic E-state index is 12.5. The van der Waals surface area contributed by atoms with Crippen LogP contribution in [-0.2, 0) is 10.2 Å². The van der Waals surface area contributed by atoms with Crippen molar-refractivity contribution in [3.8, 4) is 0 Å². The Bertz CT molecular complexity index is 378. The molecule has 0 aromatic rings. The number of halogens is 1. The van der Waals surface area contributed by atoms with E-state index >= 15 is 0 Å². The number of nitro groups is 1. The topological polar surface area (TPSA) is 103 Å². The number of nitrogens with zero attached hydrogens (tertiary/aromatic N) is 1. The highest BCUT2D eigenvalue weighted by atomic mass is 32.3. The molecule has 1 aliphatic heterocycles. The van der Waals surface area contributed by atoms with Crippen molar-refractivity contribution in [2.24, 2.45) is 5.73 Å². The monoisotopic (exact) mass is 228 g/mol. The van der Waals surface area contributed by atoms with Crippen LogP contribution in [0, 0.1) is 10.1 Å². The standard InChI is InChI=1S/C4H5FN2O4S2/c5-13(10,11)4(6)1-3(2-12-4)7(8)9/h2H,1,6H2. The molecular formula is C4H5FN2O4S2. The smallest absolute Gasteiger partial charge is 0.301 e. The van der Waals surface area contributed by atoms with Gasteiger partial charge in [0.2, 0.25) is 4.20 Å². The fourth-order valence-corrected chi connectivity index (χ4v) is 2.42. The number of nitrogens with two attached hydrogens (primary N) is 1. The molecule has 1 aliphatic rings. The minimum Gasteiger partial charge on any atom is -0.301 e. The quantitative estimate of drug-likeness (QED) is 0.410. The van der Waals surface area contributed by atoms with Gasteiger partial charge in [-0.2, -0.15) is 8.42 Å². The molecule has 13 heavy (non-hydrogen) atoms. The Hall–Kier alpha value is -0.670. The lowest BCUT2D eigenvalue weighted by molar-refractivity contribution is -0.427. The first-order valence-electron chi connectivity index (χ1n) is 3.00. The van der Waals surface area contributed by atoms with Gasteiger partial charge in [0.1, 0.15) is 0 Å². The Kier molecular flexibility index (Phi) is 2.34. The maximum Gasteiger partial charge on any atom is 0.331 e. The first kappa shape index (κ1) is 10.4. The minimum absolute atomic E-state index is 0.395. The Labute approximate surface area is 77.3 Å². The highest BCUT2D eigenvalue weighted by molar-refractivity contribution is 8.15. The third-order valence-corrected chi connectivity index (χ3v) is 4.26. The average molecular weight is 228 g/mol. The lowest BCUT2D eigenvalue weighted by Crippen LogP contribution is -2.40. The number of hydrogen-bond acceptors (Lipinski definition) is 6. The summed E-state index contributed by atoms with van der Waals surface area (Å²) in [5.41, 5.74) is 4.71. The van der Waals surface area contributed by atoms with Crippen molar-refractivity contribution in [2.45, 2.75) is 10.6 Å². The summed E-state index contributed by atoms with van der Waals surface area (Å²) in [7, 11) is -4.98. The molecule has 0 aromatic heterocycles. The molecule has 1 heterocycles. The van der Waals surface area contributed by atoms with Gasteiger partial charge < -0.3 is 5.73 Å². The van der Waals surface area contributed by atoms with Crippen LogP contribution in [0.1, 0.15) is 6.42 Å². The van der Waals surface area contributed by atoms with E-state index in [4.69, 9.17) is 5.73 Å². The molecule has 9 heteroatoms. The SMILES string of the molecule is NC1(S(=O)(=O)F)CC([N+](=O)[O-])=CS1. The lowest BCUT2D eigenvalue weighted by Gasteiger charge is -2.14. The Morgan fingerprint density at radius 1 is 1.77 bits per heavy atom. The van der Waals surface area contributed by atoms with E-state index in [1.165, 1.54) is 0 Å². The summed E-state index contributed by atoms with van der Waals surface area (Å²) < 4.78 is 31.2. The molecule has 0 spiro atoms. The summed E-state index contributed by atoms with van der Waals surface area (Å²) in [6.07, 6.45) is -0.622. The number of thioether (sulfide) groups is 1. The predicted octanol–water partition coefficient (Wildman–Crippen LogP) is 0.153. The average Bonchev–Trinajstić information content (AvgIpc) is 2.31. The van der Waals surface area contributed by atoms with Crippen LogP contribution in [0.2, 0.25) is 0 Å². The van der Waals surface area contributed by atoms with Gasteiger partial charge in [-0.15, -0.1) is 3.89 Å². The van der Waals surface area contributed by atoms with Gasteiger partial charge in [-0.1, -0.05) is 11.8 Å². The Morgan fingerprint density at radius 3 is 2.54 bits per heavy atom. The van der Waals surface area contributed by atoms with Crippen molar-refractivity contribution in [1.29, 1.82) is 0 Å². The zero-order valence-corrected chi connectivity index (χ0v) is 7.77. The number of hydrogen-bond donors (Lipinski definition) is 1. The largest absolute Gasteiger partial charge is 0.331 e. The van der Waals surface area contributed by atoms with Gasteiger partial charge in [0, 0.05) is 5.41 Å². The summed E-state index contributed by atoms with van der Waals surface area (Å²) in [5, 5.41) is 11.1. The second kappa shape index (κ2) is 2.93. The van der Waals surface area contributed by atoms with Crippen LogP contribution in [0.25, 0.3) is 0 Å². The fraction of sp³-hybridized carbons (Fsp3) is 0.500. The molecule has 0 aliphatic carbocycles. The van der Waals surface area contributed by atoms with Crippen molar-refractivity contribution in [3.63, 3.8) is 0 Å². The van der Waals surface area contributed by atoms with E-state index in [2.05, 4.69) is 0 Å². The molecule has 74 valence electrons. The van der Waals surface area contributed by atoms with Gasteiger partial charge in [0.15, 0.2) is 0 Å². The molecule has 1 atom stereocenters. The second-order valence-electron chi connectivity index (χ2n) is 2.41. The summed E-state index contributed by atoms with van der Waals surface area (Å²) in [4.78, 5) is 9.38. The van der Waals surface area contributed by atoms with Gasteiger partial charge in [0.05, 0.1) is 11.3 Å². The fourth-order valence-electron chi connectivity index (χ4n) is 0.755. The Morgan fingerprint density at radius 2 is 2.31 bits per heavy atom. The predicted molar refractivity (Wildman–Crippen MR) is 44.2 cm³/mol. The molecule has 0 bridgehead atoms. The van der Waals surface area contributed by atoms with E-state index in [1.54, 1.807) is 0 Å². The summed E-state index contributed by atoms with van der Waals surface area (Å²) in [5.74, 6) is 0. The van der Waals surface area contributed by atoms with E-state index in [1.807, 2.05) is 0 Å². The summed E-state index contributed by atoms with van der Waals surface area (Å²) in [6.45, 7) is 0. The summed E-state index contributed by atoms with van der Waals surface area (Å²) >= 11 is 0.399. The van der Waals surface area contributed by atoms with Crippen molar-refractivity contribution in [2.75, 3.05) is 0 Å². The molecule has 0 amide bonds. The number of rotatable bonds is 2. The van der Waals surface area contributed by atoms with E-state index in [9.17, 15) is 22.4 Å². The van der Waals surface area contributed by atoms with E-state index in [0.717, 1.165) is 5.41 Å². The molecule has 0 saturated heterocycles. The van der Waals surface area contributed by atoms with Gasteiger partial charge in [-0.3, -0.25) is 10.1 Å². The third-order valence-electron chi connectivity index (χ3n) is 1.47. The van der Waals surface area contributed by atoms with E-state index in [-0.39, 0.29) is 0 Å². The van der Waals surface area contributed by atoms with Crippen LogP contribution in [0.5, 0.6) is 0 Å². The molecule has 2 N–H and O–H groups in total. The molecule has 0 saturated carbocycles. The van der Waals surface area contributed by atoms with Crippen LogP contribution in [0.4, 0.5) is 3.89 Å². The van der Waals surface area contributed by atoms with Gasteiger partial charge in [-0.25, -0.2) is 0 Å². The van der Waals surface area contributed by atoms with Gasteiger partial charge in [-0.05, 0) is 0 Å². The molecule has 0 aromatic carbocycles. The lowest BCUT2D eigenvalue weighted by atomic mass is 10.3. The van der Waals surface area contributed by atoms with Crippen LogP contribution < -0.4 is 5.73 Å². The van der Waals surface area contributed by atoms with Crippen molar-refractivity contribution < 1.29 is 17.2 Å². The summed E-state index contributed by atoms with van der Waals surface area (Å²) in [6, 6.07) is 0. The van der Waals surface area contributed by atoms with Crippen molar-refractivity contribution in [3.05, 3.63) is 21.2 Å². The zero-order chi connectivity index (χ0) is 10.3. The molecule has 0 fully saturated rings. The van der Waals surface area contributed by atoms with Crippen molar-refractivity contribution >= 4 is 22.0 Å². The maximum atomic E-state index is 12.5. The first-order chi connectivity index (χ1) is 5.76. The van der Waals surface area contributed by atoms with Crippen LogP contribution in [0.15, 0.2) is 11.1 Å². The van der Waals surface area contributed by atoms with Crippen LogP contribution >= 0.6 is 11.8 Å². The Balaban J connectivity index is 2.92. The van der Waals surface area contributed by atoms with E-state index < -0.39 is 31.5 Å². The molecule has 0 radical (unpaired) electrons. The third kappa shape index (κ3) is 1.81. The van der Waals surface area contributed by atoms with Gasteiger partial charge in [0.25, 0.3) is 5.70 Å². The molecular weight excluding hydrogens is 223 g/mol. The van der Waals surface area contributed by atoms with Crippen molar-refractivity contribution in [1.82, 2.24) is 0 Å². The normalized spacial score (nSPS) is 28.6. The molecule has 1 unspecified atom stereocenters. The second-order valence-corrected chi connectivity index (χ2v) is 5.47. The highest BCUT2D eigenvalue weighted by Gasteiger charge is 2.48. The van der Waals surface area contributed by atoms with Crippen LogP contribution in [0.3, 0.4) is 0 Å². The molecule has 1 rings (SSSR count). The van der Waals surface area contributed by atoms with Gasteiger partial charge >= 0.3 is 10.2 Å². The highest BCUT2D eigenvalue weighted by Crippen LogP contribution is 2.41. The minimum atomic E-state index is -4.98. The van der Waals surface area contributed by atoms with Crippen LogP contribution in [-0.4, -0.2) is 17.5 Å². The first-order valence-corrected chi connectivity index (χ1v) is 5.27. The van der Waals surface area contributed by atoms with E-state index in [0.29, 0.717) is 11.8 Å².